The van der Waals surface area contributed by atoms with Crippen LogP contribution in [0.2, 0.25) is 5.02 Å². The Hall–Kier alpha value is -2.28. The molecule has 1 fully saturated rings. The topological polar surface area (TPSA) is 70.4 Å². The molecule has 0 radical (unpaired) electrons. The largest absolute Gasteiger partial charge is 0.368 e. The van der Waals surface area contributed by atoms with Gasteiger partial charge in [-0.05, 0) is 31.9 Å². The van der Waals surface area contributed by atoms with Gasteiger partial charge in [-0.1, -0.05) is 23.7 Å². The van der Waals surface area contributed by atoms with E-state index in [0.29, 0.717) is 12.6 Å². The lowest BCUT2D eigenvalue weighted by molar-refractivity contribution is 0.468. The Morgan fingerprint density at radius 2 is 2.23 bits per heavy atom. The number of piperidine rings is 1. The molecule has 8 heteroatoms. The van der Waals surface area contributed by atoms with Gasteiger partial charge >= 0.3 is 0 Å². The molecule has 0 saturated carbocycles. The molecule has 0 amide bonds. The Labute approximate surface area is 159 Å². The number of nitrogens with zero attached hydrogens (tertiary/aromatic N) is 5. The number of benzene rings is 1. The van der Waals surface area contributed by atoms with E-state index < -0.39 is 0 Å². The van der Waals surface area contributed by atoms with E-state index in [1.807, 2.05) is 25.2 Å². The summed E-state index contributed by atoms with van der Waals surface area (Å²) in [5, 5.41) is 11.8. The third-order valence-corrected chi connectivity index (χ3v) is 4.80. The van der Waals surface area contributed by atoms with Crippen molar-refractivity contribution in [1.29, 1.82) is 0 Å². The highest BCUT2D eigenvalue weighted by molar-refractivity contribution is 6.33. The predicted molar refractivity (Wildman–Crippen MR) is 106 cm³/mol. The number of guanidine groups is 1. The zero-order valence-electron chi connectivity index (χ0n) is 15.3. The summed E-state index contributed by atoms with van der Waals surface area (Å²) in [6, 6.07) is 8.34. The maximum Gasteiger partial charge on any atom is 0.191 e. The third-order valence-electron chi connectivity index (χ3n) is 4.48. The lowest BCUT2D eigenvalue weighted by atomic mass is 10.0. The van der Waals surface area contributed by atoms with Gasteiger partial charge in [-0.3, -0.25) is 4.68 Å². The number of nitrogens with one attached hydrogen (secondary N) is 2. The number of hydrogen-bond acceptors (Lipinski definition) is 4. The first-order valence-corrected chi connectivity index (χ1v) is 9.42. The molecule has 1 saturated heterocycles. The fourth-order valence-corrected chi connectivity index (χ4v) is 3.40. The normalized spacial score (nSPS) is 18.0. The molecular formula is C18H26ClN7. The van der Waals surface area contributed by atoms with Crippen LogP contribution in [0.5, 0.6) is 0 Å². The Kier molecular flexibility index (Phi) is 6.33. The van der Waals surface area contributed by atoms with Gasteiger partial charge in [-0.25, -0.2) is 9.98 Å². The summed E-state index contributed by atoms with van der Waals surface area (Å²) in [5.41, 5.74) is 1.10. The first-order valence-electron chi connectivity index (χ1n) is 9.04. The number of aliphatic imine (C=N–C) groups is 1. The van der Waals surface area contributed by atoms with Crippen LogP contribution in [-0.2, 0) is 13.6 Å². The first-order chi connectivity index (χ1) is 12.7. The third kappa shape index (κ3) is 4.66. The highest BCUT2D eigenvalue weighted by Gasteiger charge is 2.22. The zero-order valence-corrected chi connectivity index (χ0v) is 16.1. The SMILES string of the molecule is CCNC(=NCc1ncnn1C)NC1CCCN(c2ccccc2Cl)C1. The first kappa shape index (κ1) is 18.5. The van der Waals surface area contributed by atoms with E-state index in [1.165, 1.54) is 0 Å². The molecule has 26 heavy (non-hydrogen) atoms. The van der Waals surface area contributed by atoms with Crippen LogP contribution in [0.3, 0.4) is 0 Å². The number of hydrogen-bond donors (Lipinski definition) is 2. The van der Waals surface area contributed by atoms with Crippen molar-refractivity contribution in [2.24, 2.45) is 12.0 Å². The molecule has 7 nitrogen and oxygen atoms in total. The van der Waals surface area contributed by atoms with E-state index in [2.05, 4.69) is 43.6 Å². The summed E-state index contributed by atoms with van der Waals surface area (Å²) in [5.74, 6) is 1.64. The van der Waals surface area contributed by atoms with Gasteiger partial charge < -0.3 is 15.5 Å². The van der Waals surface area contributed by atoms with E-state index in [9.17, 15) is 0 Å². The van der Waals surface area contributed by atoms with Gasteiger partial charge in [0.05, 0.1) is 10.7 Å². The van der Waals surface area contributed by atoms with Gasteiger partial charge in [0, 0.05) is 32.7 Å². The Morgan fingerprint density at radius 3 is 2.96 bits per heavy atom. The molecule has 0 bridgehead atoms. The zero-order chi connectivity index (χ0) is 18.4. The summed E-state index contributed by atoms with van der Waals surface area (Å²) in [4.78, 5) is 11.2. The molecule has 2 heterocycles. The number of anilines is 1. The van der Waals surface area contributed by atoms with Gasteiger partial charge in [0.1, 0.15) is 18.7 Å². The lowest BCUT2D eigenvalue weighted by Crippen LogP contribution is -2.51. The fraction of sp³-hybridized carbons (Fsp3) is 0.500. The summed E-state index contributed by atoms with van der Waals surface area (Å²) < 4.78 is 1.74. The van der Waals surface area contributed by atoms with Crippen LogP contribution in [0.15, 0.2) is 35.6 Å². The number of halogens is 1. The second-order valence-electron chi connectivity index (χ2n) is 6.38. The van der Waals surface area contributed by atoms with Crippen LogP contribution < -0.4 is 15.5 Å². The number of aromatic nitrogens is 3. The number of para-hydroxylation sites is 1. The second-order valence-corrected chi connectivity index (χ2v) is 6.78. The van der Waals surface area contributed by atoms with Crippen molar-refractivity contribution < 1.29 is 0 Å². The number of aryl methyl sites for hydroxylation is 1. The maximum absolute atomic E-state index is 6.37. The lowest BCUT2D eigenvalue weighted by Gasteiger charge is -2.35. The molecule has 2 N–H and O–H groups in total. The molecule has 3 rings (SSSR count). The summed E-state index contributed by atoms with van der Waals surface area (Å²) >= 11 is 6.37. The Morgan fingerprint density at radius 1 is 1.38 bits per heavy atom. The van der Waals surface area contributed by atoms with E-state index in [4.69, 9.17) is 11.6 Å². The van der Waals surface area contributed by atoms with Gasteiger partial charge in [-0.15, -0.1) is 0 Å². The fourth-order valence-electron chi connectivity index (χ4n) is 3.15. The van der Waals surface area contributed by atoms with Gasteiger partial charge in [0.25, 0.3) is 0 Å². The monoisotopic (exact) mass is 375 g/mol. The van der Waals surface area contributed by atoms with Gasteiger partial charge in [0.2, 0.25) is 0 Å². The van der Waals surface area contributed by atoms with E-state index >= 15 is 0 Å². The van der Waals surface area contributed by atoms with Crippen molar-refractivity contribution in [2.75, 3.05) is 24.5 Å². The smallest absolute Gasteiger partial charge is 0.191 e. The van der Waals surface area contributed by atoms with E-state index in [-0.39, 0.29) is 0 Å². The second kappa shape index (κ2) is 8.89. The minimum Gasteiger partial charge on any atom is -0.368 e. The van der Waals surface area contributed by atoms with Crippen molar-refractivity contribution in [3.8, 4) is 0 Å². The molecule has 1 atom stereocenters. The Bertz CT molecular complexity index is 743. The van der Waals surface area contributed by atoms with Crippen LogP contribution in [0.1, 0.15) is 25.6 Å². The van der Waals surface area contributed by atoms with Crippen LogP contribution in [0.4, 0.5) is 5.69 Å². The van der Waals surface area contributed by atoms with Gasteiger partial charge in [0.15, 0.2) is 5.96 Å². The Balaban J connectivity index is 1.65. The highest BCUT2D eigenvalue weighted by atomic mass is 35.5. The average Bonchev–Trinajstić information content (AvgIpc) is 3.05. The molecule has 1 aliphatic heterocycles. The molecule has 0 aliphatic carbocycles. The van der Waals surface area contributed by atoms with Crippen molar-refractivity contribution >= 4 is 23.2 Å². The standard InChI is InChI=1S/C18H26ClN7/c1-3-20-18(21-11-17-22-13-23-25(17)2)24-14-7-6-10-26(12-14)16-9-5-4-8-15(16)19/h4-5,8-9,13-14H,3,6-7,10-12H2,1-2H3,(H2,20,21,24). The molecule has 0 spiro atoms. The van der Waals surface area contributed by atoms with Crippen LogP contribution >= 0.6 is 11.6 Å². The molecule has 2 aromatic rings. The van der Waals surface area contributed by atoms with Crippen LogP contribution in [0, 0.1) is 0 Å². The molecule has 140 valence electrons. The van der Waals surface area contributed by atoms with Crippen molar-refractivity contribution in [2.45, 2.75) is 32.4 Å². The van der Waals surface area contributed by atoms with Crippen molar-refractivity contribution in [3.05, 3.63) is 41.4 Å². The quantitative estimate of drug-likeness (QED) is 0.619. The minimum atomic E-state index is 0.317. The molecule has 1 aromatic carbocycles. The predicted octanol–water partition coefficient (Wildman–Crippen LogP) is 2.19. The molecule has 1 aliphatic rings. The van der Waals surface area contributed by atoms with Crippen LogP contribution in [0.25, 0.3) is 0 Å². The minimum absolute atomic E-state index is 0.317. The summed E-state index contributed by atoms with van der Waals surface area (Å²) in [6.45, 7) is 5.29. The van der Waals surface area contributed by atoms with E-state index in [0.717, 1.165) is 55.0 Å². The highest BCUT2D eigenvalue weighted by Crippen LogP contribution is 2.27. The average molecular weight is 376 g/mol. The summed E-state index contributed by atoms with van der Waals surface area (Å²) in [6.07, 6.45) is 3.77. The number of rotatable bonds is 5. The van der Waals surface area contributed by atoms with E-state index in [1.54, 1.807) is 11.0 Å². The van der Waals surface area contributed by atoms with Crippen LogP contribution in [-0.4, -0.2) is 46.4 Å². The van der Waals surface area contributed by atoms with Gasteiger partial charge in [-0.2, -0.15) is 5.10 Å². The molecular weight excluding hydrogens is 350 g/mol. The summed E-state index contributed by atoms with van der Waals surface area (Å²) in [7, 11) is 1.88. The molecule has 1 unspecified atom stereocenters. The maximum atomic E-state index is 6.37. The van der Waals surface area contributed by atoms with Crippen molar-refractivity contribution in [3.63, 3.8) is 0 Å². The molecule has 1 aromatic heterocycles. The van der Waals surface area contributed by atoms with Crippen molar-refractivity contribution in [1.82, 2.24) is 25.4 Å².